The van der Waals surface area contributed by atoms with Gasteiger partial charge in [0.15, 0.2) is 8.32 Å². The molecule has 0 atom stereocenters. The molecule has 22 heavy (non-hydrogen) atoms. The van der Waals surface area contributed by atoms with Crippen molar-refractivity contribution in [1.29, 1.82) is 0 Å². The first kappa shape index (κ1) is 22.3. The van der Waals surface area contributed by atoms with Crippen LogP contribution >= 0.6 is 0 Å². The predicted molar refractivity (Wildman–Crippen MR) is 98.3 cm³/mol. The molecular formula is C16H38O4Si2. The van der Waals surface area contributed by atoms with E-state index in [4.69, 9.17) is 18.0 Å². The number of hydrogen-bond acceptors (Lipinski definition) is 4. The molecule has 0 aromatic rings. The summed E-state index contributed by atoms with van der Waals surface area (Å²) in [6.07, 6.45) is 1.00. The van der Waals surface area contributed by atoms with Crippen molar-refractivity contribution in [3.8, 4) is 0 Å². The third-order valence-electron chi connectivity index (χ3n) is 4.39. The zero-order chi connectivity index (χ0) is 16.9. The molecule has 134 valence electrons. The maximum Gasteiger partial charge on any atom is 0.334 e. The highest BCUT2D eigenvalue weighted by Crippen LogP contribution is 2.21. The monoisotopic (exact) mass is 350 g/mol. The van der Waals surface area contributed by atoms with Crippen molar-refractivity contribution in [2.45, 2.75) is 71.8 Å². The predicted octanol–water partition coefficient (Wildman–Crippen LogP) is 4.56. The molecule has 0 fully saturated rings. The first-order valence-corrected chi connectivity index (χ1v) is 14.1. The van der Waals surface area contributed by atoms with E-state index in [2.05, 4.69) is 27.3 Å². The van der Waals surface area contributed by atoms with Crippen molar-refractivity contribution in [3.05, 3.63) is 0 Å². The fourth-order valence-electron chi connectivity index (χ4n) is 2.77. The van der Waals surface area contributed by atoms with Crippen molar-refractivity contribution in [3.63, 3.8) is 0 Å². The van der Waals surface area contributed by atoms with Gasteiger partial charge in [-0.3, -0.25) is 0 Å². The maximum atomic E-state index is 6.18. The molecule has 0 aliphatic rings. The summed E-state index contributed by atoms with van der Waals surface area (Å²) in [4.78, 5) is 0. The third-order valence-corrected chi connectivity index (χ3v) is 12.1. The summed E-state index contributed by atoms with van der Waals surface area (Å²) in [6.45, 7) is 16.7. The zero-order valence-corrected chi connectivity index (χ0v) is 17.7. The zero-order valence-electron chi connectivity index (χ0n) is 15.7. The maximum absolute atomic E-state index is 6.18. The second-order valence-electron chi connectivity index (χ2n) is 5.81. The summed E-state index contributed by atoms with van der Waals surface area (Å²) in [5.74, 6) is 0. The van der Waals surface area contributed by atoms with E-state index < -0.39 is 16.9 Å². The lowest BCUT2D eigenvalue weighted by atomic mass is 10.5. The first-order valence-electron chi connectivity index (χ1n) is 9.01. The van der Waals surface area contributed by atoms with Crippen LogP contribution in [0.5, 0.6) is 0 Å². The fourth-order valence-corrected chi connectivity index (χ4v) is 7.78. The summed E-state index contributed by atoms with van der Waals surface area (Å²) in [5, 5.41) is 0. The molecule has 0 rings (SSSR count). The van der Waals surface area contributed by atoms with E-state index in [-0.39, 0.29) is 0 Å². The molecule has 0 bridgehead atoms. The molecule has 0 heterocycles. The van der Waals surface area contributed by atoms with Gasteiger partial charge in [0.2, 0.25) is 0 Å². The Labute approximate surface area is 140 Å². The molecule has 0 amide bonds. The average molecular weight is 351 g/mol. The van der Waals surface area contributed by atoms with E-state index in [0.29, 0.717) is 6.61 Å². The lowest BCUT2D eigenvalue weighted by molar-refractivity contribution is 0.0943. The van der Waals surface area contributed by atoms with Crippen molar-refractivity contribution in [2.75, 3.05) is 33.0 Å². The largest absolute Gasteiger partial charge is 0.414 e. The molecule has 0 aromatic carbocycles. The van der Waals surface area contributed by atoms with E-state index in [1.165, 1.54) is 18.1 Å². The Hall–Kier alpha value is 0.274. The van der Waals surface area contributed by atoms with Crippen molar-refractivity contribution in [2.24, 2.45) is 0 Å². The summed E-state index contributed by atoms with van der Waals surface area (Å²) in [7, 11) is -3.42. The summed E-state index contributed by atoms with van der Waals surface area (Å²) >= 11 is 0. The molecule has 0 radical (unpaired) electrons. The van der Waals surface area contributed by atoms with Crippen LogP contribution in [0.15, 0.2) is 0 Å². The molecule has 6 heteroatoms. The molecule has 0 spiro atoms. The van der Waals surface area contributed by atoms with Gasteiger partial charge in [-0.1, -0.05) is 20.8 Å². The molecule has 0 saturated heterocycles. The first-order chi connectivity index (χ1) is 10.5. The van der Waals surface area contributed by atoms with Crippen molar-refractivity contribution >= 4 is 16.9 Å². The number of rotatable bonds is 15. The molecule has 0 saturated carbocycles. The highest BCUT2D eigenvalue weighted by molar-refractivity contribution is 6.73. The second-order valence-corrected chi connectivity index (χ2v) is 13.9. The van der Waals surface area contributed by atoms with Crippen LogP contribution < -0.4 is 0 Å². The van der Waals surface area contributed by atoms with E-state index in [1.54, 1.807) is 0 Å². The highest BCUT2D eigenvalue weighted by Gasteiger charge is 2.30. The lowest BCUT2D eigenvalue weighted by Crippen LogP contribution is -2.39. The lowest BCUT2D eigenvalue weighted by Gasteiger charge is -2.28. The minimum absolute atomic E-state index is 0.705. The molecule has 4 nitrogen and oxygen atoms in total. The van der Waals surface area contributed by atoms with Crippen LogP contribution in [0.25, 0.3) is 0 Å². The molecule has 0 unspecified atom stereocenters. The standard InChI is InChI=1S/C16H38O4Si2/c1-7-18-21(6,19-8-2)16-12-13-17-14-15-20-22(9-3,10-4)11-5/h7-16H2,1-6H3. The molecule has 0 aromatic heterocycles. The number of hydrogen-bond donors (Lipinski definition) is 0. The van der Waals surface area contributed by atoms with Gasteiger partial charge in [-0.05, 0) is 51.0 Å². The van der Waals surface area contributed by atoms with Crippen LogP contribution in [-0.2, 0) is 18.0 Å². The van der Waals surface area contributed by atoms with E-state index in [0.717, 1.165) is 38.9 Å². The Morgan fingerprint density at radius 3 is 1.68 bits per heavy atom. The normalized spacial score (nSPS) is 12.8. The smallest absolute Gasteiger partial charge is 0.334 e. The van der Waals surface area contributed by atoms with E-state index >= 15 is 0 Å². The molecule has 0 N–H and O–H groups in total. The third kappa shape index (κ3) is 8.79. The minimum Gasteiger partial charge on any atom is -0.414 e. The van der Waals surface area contributed by atoms with Crippen LogP contribution in [0.3, 0.4) is 0 Å². The topological polar surface area (TPSA) is 36.9 Å². The minimum atomic E-state index is -1.97. The molecule has 0 aliphatic heterocycles. The Bertz CT molecular complexity index is 246. The summed E-state index contributed by atoms with van der Waals surface area (Å²) < 4.78 is 23.6. The summed E-state index contributed by atoms with van der Waals surface area (Å²) in [6, 6.07) is 4.60. The van der Waals surface area contributed by atoms with Crippen LogP contribution in [0.4, 0.5) is 0 Å². The Balaban J connectivity index is 3.80. The van der Waals surface area contributed by atoms with Crippen molar-refractivity contribution in [1.82, 2.24) is 0 Å². The van der Waals surface area contributed by atoms with Gasteiger partial charge in [-0.15, -0.1) is 0 Å². The van der Waals surface area contributed by atoms with Gasteiger partial charge < -0.3 is 18.0 Å². The van der Waals surface area contributed by atoms with Crippen molar-refractivity contribution < 1.29 is 18.0 Å². The second kappa shape index (κ2) is 12.7. The quantitative estimate of drug-likeness (QED) is 0.320. The van der Waals surface area contributed by atoms with Gasteiger partial charge in [0.25, 0.3) is 0 Å². The summed E-state index contributed by atoms with van der Waals surface area (Å²) in [5.41, 5.74) is 0. The number of ether oxygens (including phenoxy) is 1. The van der Waals surface area contributed by atoms with E-state index in [9.17, 15) is 0 Å². The van der Waals surface area contributed by atoms with Crippen LogP contribution in [0.1, 0.15) is 41.0 Å². The van der Waals surface area contributed by atoms with E-state index in [1.807, 2.05) is 13.8 Å². The Morgan fingerprint density at radius 2 is 1.23 bits per heavy atom. The molecular weight excluding hydrogens is 312 g/mol. The van der Waals surface area contributed by atoms with Gasteiger partial charge >= 0.3 is 8.56 Å². The van der Waals surface area contributed by atoms with Gasteiger partial charge in [-0.25, -0.2) is 0 Å². The SMILES string of the molecule is CCO[Si](C)(CCCOCCO[Si](CC)(CC)CC)OCC. The highest BCUT2D eigenvalue weighted by atomic mass is 28.4. The molecule has 0 aliphatic carbocycles. The van der Waals surface area contributed by atoms with Gasteiger partial charge in [0.05, 0.1) is 13.2 Å². The fraction of sp³-hybridized carbons (Fsp3) is 1.00. The van der Waals surface area contributed by atoms with Gasteiger partial charge in [0, 0.05) is 19.8 Å². The van der Waals surface area contributed by atoms with Crippen LogP contribution in [-0.4, -0.2) is 49.9 Å². The van der Waals surface area contributed by atoms with Gasteiger partial charge in [-0.2, -0.15) is 0 Å². The Morgan fingerprint density at radius 1 is 0.682 bits per heavy atom. The average Bonchev–Trinajstić information content (AvgIpc) is 2.51. The van der Waals surface area contributed by atoms with Gasteiger partial charge in [0.1, 0.15) is 0 Å². The Kier molecular flexibility index (Phi) is 12.8. The van der Waals surface area contributed by atoms with Crippen LogP contribution in [0, 0.1) is 0 Å². The van der Waals surface area contributed by atoms with Crippen LogP contribution in [0.2, 0.25) is 30.7 Å².